The maximum atomic E-state index is 4.18. The van der Waals surface area contributed by atoms with Crippen molar-refractivity contribution in [1.29, 1.82) is 0 Å². The van der Waals surface area contributed by atoms with E-state index in [-0.39, 0.29) is 0 Å². The van der Waals surface area contributed by atoms with Gasteiger partial charge in [0.25, 0.3) is 0 Å². The molecular formula is C15H23N3. The van der Waals surface area contributed by atoms with Crippen molar-refractivity contribution in [3.63, 3.8) is 0 Å². The van der Waals surface area contributed by atoms with Crippen molar-refractivity contribution in [2.75, 3.05) is 19.6 Å². The lowest BCUT2D eigenvalue weighted by Gasteiger charge is -2.18. The van der Waals surface area contributed by atoms with E-state index in [4.69, 9.17) is 0 Å². The molecule has 3 rings (SSSR count). The van der Waals surface area contributed by atoms with Gasteiger partial charge in [0, 0.05) is 31.0 Å². The number of aromatic nitrogens is 1. The molecule has 98 valence electrons. The number of nitrogens with one attached hydrogen (secondary N) is 1. The van der Waals surface area contributed by atoms with E-state index in [1.165, 1.54) is 37.9 Å². The largest absolute Gasteiger partial charge is 0.310 e. The van der Waals surface area contributed by atoms with E-state index in [1.807, 2.05) is 18.5 Å². The minimum absolute atomic E-state index is 0.411. The maximum absolute atomic E-state index is 4.18. The monoisotopic (exact) mass is 245 g/mol. The molecule has 1 saturated heterocycles. The Bertz CT molecular complexity index is 375. The van der Waals surface area contributed by atoms with Crippen LogP contribution in [0.4, 0.5) is 0 Å². The van der Waals surface area contributed by atoms with Crippen LogP contribution in [-0.2, 0) is 0 Å². The molecule has 1 saturated carbocycles. The van der Waals surface area contributed by atoms with E-state index in [9.17, 15) is 0 Å². The number of likely N-dealkylation sites (tertiary alicyclic amines) is 1. The van der Waals surface area contributed by atoms with Crippen LogP contribution in [0.25, 0.3) is 0 Å². The van der Waals surface area contributed by atoms with Crippen LogP contribution in [0.1, 0.15) is 37.8 Å². The Balaban J connectivity index is 1.44. The second kappa shape index (κ2) is 5.37. The highest BCUT2D eigenvalue weighted by Crippen LogP contribution is 2.31. The Morgan fingerprint density at radius 2 is 2.33 bits per heavy atom. The van der Waals surface area contributed by atoms with Crippen LogP contribution < -0.4 is 5.32 Å². The van der Waals surface area contributed by atoms with E-state index in [0.717, 1.165) is 18.5 Å². The molecule has 1 aromatic rings. The third-order valence-electron chi connectivity index (χ3n) is 4.28. The Kier molecular flexibility index (Phi) is 3.62. The van der Waals surface area contributed by atoms with Crippen LogP contribution in [-0.4, -0.2) is 35.6 Å². The number of nitrogens with zero attached hydrogens (tertiary/aromatic N) is 2. The molecule has 2 unspecified atom stereocenters. The molecule has 1 aliphatic heterocycles. The van der Waals surface area contributed by atoms with Crippen molar-refractivity contribution in [2.45, 2.75) is 38.3 Å². The van der Waals surface area contributed by atoms with Gasteiger partial charge >= 0.3 is 0 Å². The van der Waals surface area contributed by atoms with Gasteiger partial charge in [0.1, 0.15) is 0 Å². The Hall–Kier alpha value is -0.930. The summed E-state index contributed by atoms with van der Waals surface area (Å²) in [6.45, 7) is 5.99. The maximum Gasteiger partial charge on any atom is 0.0315 e. The normalized spacial score (nSPS) is 26.4. The summed E-state index contributed by atoms with van der Waals surface area (Å²) in [6.07, 6.45) is 8.03. The third kappa shape index (κ3) is 2.90. The van der Waals surface area contributed by atoms with Crippen molar-refractivity contribution >= 4 is 0 Å². The quantitative estimate of drug-likeness (QED) is 0.862. The van der Waals surface area contributed by atoms with Gasteiger partial charge in [-0.2, -0.15) is 0 Å². The second-order valence-corrected chi connectivity index (χ2v) is 5.80. The van der Waals surface area contributed by atoms with Crippen molar-refractivity contribution in [3.05, 3.63) is 30.1 Å². The van der Waals surface area contributed by atoms with E-state index >= 15 is 0 Å². The van der Waals surface area contributed by atoms with E-state index in [1.54, 1.807) is 0 Å². The third-order valence-corrected chi connectivity index (χ3v) is 4.28. The molecule has 2 aliphatic rings. The molecule has 1 aromatic heterocycles. The van der Waals surface area contributed by atoms with Gasteiger partial charge in [-0.25, -0.2) is 0 Å². The van der Waals surface area contributed by atoms with E-state index < -0.39 is 0 Å². The first-order valence-corrected chi connectivity index (χ1v) is 7.20. The highest BCUT2D eigenvalue weighted by molar-refractivity contribution is 5.12. The fourth-order valence-electron chi connectivity index (χ4n) is 2.89. The Morgan fingerprint density at radius 3 is 3.06 bits per heavy atom. The predicted molar refractivity (Wildman–Crippen MR) is 73.4 cm³/mol. The SMILES string of the molecule is CC(NCC1CCN(C2CC2)C1)c1cccnc1. The van der Waals surface area contributed by atoms with Crippen LogP contribution in [0.15, 0.2) is 24.5 Å². The zero-order chi connectivity index (χ0) is 12.4. The van der Waals surface area contributed by atoms with E-state index in [0.29, 0.717) is 6.04 Å². The zero-order valence-corrected chi connectivity index (χ0v) is 11.2. The average molecular weight is 245 g/mol. The standard InChI is InChI=1S/C15H23N3/c1-12(14-3-2-7-16-10-14)17-9-13-6-8-18(11-13)15-4-5-15/h2-3,7,10,12-13,15,17H,4-6,8-9,11H2,1H3. The summed E-state index contributed by atoms with van der Waals surface area (Å²) >= 11 is 0. The lowest BCUT2D eigenvalue weighted by molar-refractivity contribution is 0.310. The number of rotatable bonds is 5. The molecule has 3 heteroatoms. The molecule has 2 heterocycles. The summed E-state index contributed by atoms with van der Waals surface area (Å²) in [4.78, 5) is 6.86. The molecule has 0 amide bonds. The van der Waals surface area contributed by atoms with Crippen molar-refractivity contribution in [3.8, 4) is 0 Å². The van der Waals surface area contributed by atoms with Gasteiger partial charge in [-0.1, -0.05) is 6.07 Å². The zero-order valence-electron chi connectivity index (χ0n) is 11.2. The fourth-order valence-corrected chi connectivity index (χ4v) is 2.89. The molecule has 0 aromatic carbocycles. The molecule has 18 heavy (non-hydrogen) atoms. The van der Waals surface area contributed by atoms with Gasteiger partial charge < -0.3 is 10.2 Å². The molecular weight excluding hydrogens is 222 g/mol. The summed E-state index contributed by atoms with van der Waals surface area (Å²) in [7, 11) is 0. The summed E-state index contributed by atoms with van der Waals surface area (Å²) in [6, 6.07) is 5.51. The molecule has 0 radical (unpaired) electrons. The van der Waals surface area contributed by atoms with Crippen LogP contribution in [0.2, 0.25) is 0 Å². The van der Waals surface area contributed by atoms with Gasteiger partial charge in [-0.15, -0.1) is 0 Å². The van der Waals surface area contributed by atoms with Gasteiger partial charge in [0.05, 0.1) is 0 Å². The lowest BCUT2D eigenvalue weighted by Crippen LogP contribution is -2.29. The average Bonchev–Trinajstić information content (AvgIpc) is 3.16. The summed E-state index contributed by atoms with van der Waals surface area (Å²) in [5.74, 6) is 0.838. The minimum Gasteiger partial charge on any atom is -0.310 e. The molecule has 2 fully saturated rings. The number of pyridine rings is 1. The highest BCUT2D eigenvalue weighted by atomic mass is 15.2. The molecule has 3 nitrogen and oxygen atoms in total. The predicted octanol–water partition coefficient (Wildman–Crippen LogP) is 2.22. The van der Waals surface area contributed by atoms with Crippen LogP contribution in [0.5, 0.6) is 0 Å². The fraction of sp³-hybridized carbons (Fsp3) is 0.667. The van der Waals surface area contributed by atoms with Crippen LogP contribution in [0, 0.1) is 5.92 Å². The molecule has 0 bridgehead atoms. The smallest absolute Gasteiger partial charge is 0.0315 e. The van der Waals surface area contributed by atoms with Gasteiger partial charge in [0.2, 0.25) is 0 Å². The summed E-state index contributed by atoms with van der Waals surface area (Å²) in [5, 5.41) is 3.65. The van der Waals surface area contributed by atoms with Crippen molar-refractivity contribution in [2.24, 2.45) is 5.92 Å². The molecule has 1 aliphatic carbocycles. The lowest BCUT2D eigenvalue weighted by atomic mass is 10.1. The molecule has 0 spiro atoms. The second-order valence-electron chi connectivity index (χ2n) is 5.80. The van der Waals surface area contributed by atoms with E-state index in [2.05, 4.69) is 28.2 Å². The van der Waals surface area contributed by atoms with Gasteiger partial charge in [-0.3, -0.25) is 4.98 Å². The Labute approximate surface area is 110 Å². The van der Waals surface area contributed by atoms with Crippen molar-refractivity contribution < 1.29 is 0 Å². The topological polar surface area (TPSA) is 28.2 Å². The van der Waals surface area contributed by atoms with Gasteiger partial charge in [0.15, 0.2) is 0 Å². The first kappa shape index (κ1) is 12.1. The first-order chi connectivity index (χ1) is 8.83. The highest BCUT2D eigenvalue weighted by Gasteiger charge is 2.34. The first-order valence-electron chi connectivity index (χ1n) is 7.20. The number of hydrogen-bond acceptors (Lipinski definition) is 3. The Morgan fingerprint density at radius 1 is 1.44 bits per heavy atom. The van der Waals surface area contributed by atoms with Crippen LogP contribution >= 0.6 is 0 Å². The number of hydrogen-bond donors (Lipinski definition) is 1. The summed E-state index contributed by atoms with van der Waals surface area (Å²) < 4.78 is 0. The molecule has 1 N–H and O–H groups in total. The molecule has 2 atom stereocenters. The summed E-state index contributed by atoms with van der Waals surface area (Å²) in [5.41, 5.74) is 1.29. The van der Waals surface area contributed by atoms with Crippen LogP contribution in [0.3, 0.4) is 0 Å². The van der Waals surface area contributed by atoms with Crippen molar-refractivity contribution in [1.82, 2.24) is 15.2 Å². The minimum atomic E-state index is 0.411. The van der Waals surface area contributed by atoms with Gasteiger partial charge in [-0.05, 0) is 56.8 Å².